The van der Waals surface area contributed by atoms with E-state index < -0.39 is 9.84 Å². The van der Waals surface area contributed by atoms with Crippen LogP contribution in [0.5, 0.6) is 11.5 Å². The van der Waals surface area contributed by atoms with Crippen molar-refractivity contribution < 1.29 is 18.3 Å². The molecule has 0 fully saturated rings. The summed E-state index contributed by atoms with van der Waals surface area (Å²) in [6.45, 7) is 6.42. The van der Waals surface area contributed by atoms with Crippen LogP contribution in [0.3, 0.4) is 0 Å². The number of aromatic hydroxyl groups is 1. The number of benzene rings is 2. The monoisotopic (exact) mass is 334 g/mol. The fraction of sp³-hybridized carbons (Fsp3) is 0.333. The molecule has 2 rings (SSSR count). The molecule has 0 atom stereocenters. The largest absolute Gasteiger partial charge is 0.508 e. The lowest BCUT2D eigenvalue weighted by Crippen LogP contribution is -2.03. The first-order valence-corrected chi connectivity index (χ1v) is 9.15. The first kappa shape index (κ1) is 17.3. The Bertz CT molecular complexity index is 762. The molecule has 0 bridgehead atoms. The summed E-state index contributed by atoms with van der Waals surface area (Å²) in [5.41, 5.74) is 0.619. The van der Waals surface area contributed by atoms with Crippen LogP contribution in [-0.2, 0) is 9.84 Å². The average Bonchev–Trinajstić information content (AvgIpc) is 2.53. The number of hydrogen-bond donors (Lipinski definition) is 1. The molecule has 0 saturated carbocycles. The minimum absolute atomic E-state index is 0.0370. The number of sulfone groups is 1. The maximum absolute atomic E-state index is 12.7. The second kappa shape index (κ2) is 7.04. The molecule has 0 aromatic heterocycles. The third-order valence-corrected chi connectivity index (χ3v) is 5.31. The quantitative estimate of drug-likeness (QED) is 0.862. The van der Waals surface area contributed by atoms with E-state index in [1.54, 1.807) is 24.3 Å². The van der Waals surface area contributed by atoms with Gasteiger partial charge in [-0.15, -0.1) is 0 Å². The minimum Gasteiger partial charge on any atom is -0.508 e. The van der Waals surface area contributed by atoms with Gasteiger partial charge in [0.15, 0.2) is 0 Å². The van der Waals surface area contributed by atoms with Crippen LogP contribution in [0.4, 0.5) is 0 Å². The molecule has 1 N–H and O–H groups in total. The third-order valence-electron chi connectivity index (χ3n) is 3.54. The third kappa shape index (κ3) is 3.85. The van der Waals surface area contributed by atoms with Crippen LogP contribution in [0.15, 0.2) is 52.3 Å². The van der Waals surface area contributed by atoms with E-state index >= 15 is 0 Å². The van der Waals surface area contributed by atoms with Crippen LogP contribution in [0.2, 0.25) is 0 Å². The Morgan fingerprint density at radius 1 is 1.04 bits per heavy atom. The van der Waals surface area contributed by atoms with E-state index in [4.69, 9.17) is 4.74 Å². The smallest absolute Gasteiger partial charge is 0.206 e. The van der Waals surface area contributed by atoms with Crippen molar-refractivity contribution in [1.29, 1.82) is 0 Å². The van der Waals surface area contributed by atoms with Crippen molar-refractivity contribution >= 4 is 9.84 Å². The molecule has 4 nitrogen and oxygen atoms in total. The minimum atomic E-state index is -3.62. The predicted octanol–water partition coefficient (Wildman–Crippen LogP) is 4.14. The zero-order valence-electron chi connectivity index (χ0n) is 13.6. The maximum Gasteiger partial charge on any atom is 0.206 e. The van der Waals surface area contributed by atoms with Gasteiger partial charge in [-0.05, 0) is 60.4 Å². The molecular formula is C18H22O4S. The van der Waals surface area contributed by atoms with E-state index in [1.165, 1.54) is 18.2 Å². The number of phenolic OH excluding ortho intramolecular Hbond substituents is 1. The van der Waals surface area contributed by atoms with Gasteiger partial charge < -0.3 is 9.84 Å². The van der Waals surface area contributed by atoms with Gasteiger partial charge in [0, 0.05) is 0 Å². The molecule has 0 aliphatic carbocycles. The lowest BCUT2D eigenvalue weighted by Gasteiger charge is -2.12. The van der Waals surface area contributed by atoms with E-state index in [0.717, 1.165) is 6.42 Å². The molecule has 0 saturated heterocycles. The van der Waals surface area contributed by atoms with E-state index in [9.17, 15) is 13.5 Å². The first-order chi connectivity index (χ1) is 10.9. The molecule has 124 valence electrons. The van der Waals surface area contributed by atoms with Gasteiger partial charge in [-0.1, -0.05) is 20.8 Å². The standard InChI is InChI=1S/C18H22O4S/c1-4-11-22-14-5-7-15(8-6-14)23(20,21)16-9-10-18(19)17(12-16)13(2)3/h5-10,12-13,19H,4,11H2,1-3H3. The van der Waals surface area contributed by atoms with Crippen molar-refractivity contribution in [3.05, 3.63) is 48.0 Å². The molecule has 5 heteroatoms. The zero-order valence-corrected chi connectivity index (χ0v) is 14.4. The molecule has 0 heterocycles. The normalized spacial score (nSPS) is 11.7. The van der Waals surface area contributed by atoms with Crippen molar-refractivity contribution in [3.63, 3.8) is 0 Å². The summed E-state index contributed by atoms with van der Waals surface area (Å²) in [6.07, 6.45) is 0.894. The predicted molar refractivity (Wildman–Crippen MR) is 89.9 cm³/mol. The molecular weight excluding hydrogens is 312 g/mol. The topological polar surface area (TPSA) is 63.6 Å². The van der Waals surface area contributed by atoms with Crippen molar-refractivity contribution in [2.45, 2.75) is 42.9 Å². The van der Waals surface area contributed by atoms with Crippen LogP contribution in [0.1, 0.15) is 38.7 Å². The Morgan fingerprint density at radius 2 is 1.65 bits per heavy atom. The van der Waals surface area contributed by atoms with Gasteiger partial charge in [0.25, 0.3) is 0 Å². The van der Waals surface area contributed by atoms with Gasteiger partial charge in [0.1, 0.15) is 11.5 Å². The summed E-state index contributed by atoms with van der Waals surface area (Å²) in [5.74, 6) is 0.802. The Balaban J connectivity index is 2.36. The molecule has 2 aromatic rings. The SMILES string of the molecule is CCCOc1ccc(S(=O)(=O)c2ccc(O)c(C(C)C)c2)cc1. The number of rotatable bonds is 6. The first-order valence-electron chi connectivity index (χ1n) is 7.67. The van der Waals surface area contributed by atoms with Gasteiger partial charge >= 0.3 is 0 Å². The second-order valence-corrected chi connectivity index (χ2v) is 7.65. The fourth-order valence-corrected chi connectivity index (χ4v) is 3.53. The van der Waals surface area contributed by atoms with Crippen LogP contribution in [0.25, 0.3) is 0 Å². The molecule has 0 unspecified atom stereocenters. The number of ether oxygens (including phenoxy) is 1. The highest BCUT2D eigenvalue weighted by Gasteiger charge is 2.20. The van der Waals surface area contributed by atoms with Crippen LogP contribution >= 0.6 is 0 Å². The van der Waals surface area contributed by atoms with E-state index in [0.29, 0.717) is 17.9 Å². The van der Waals surface area contributed by atoms with Gasteiger partial charge in [0.05, 0.1) is 16.4 Å². The van der Waals surface area contributed by atoms with E-state index in [1.807, 2.05) is 20.8 Å². The van der Waals surface area contributed by atoms with Crippen molar-refractivity contribution in [2.75, 3.05) is 6.61 Å². The Kier molecular flexibility index (Phi) is 5.31. The Morgan fingerprint density at radius 3 is 2.22 bits per heavy atom. The molecule has 0 aliphatic rings. The second-order valence-electron chi connectivity index (χ2n) is 5.70. The highest BCUT2D eigenvalue weighted by atomic mass is 32.2. The van der Waals surface area contributed by atoms with Crippen LogP contribution in [0, 0.1) is 0 Å². The maximum atomic E-state index is 12.7. The summed E-state index contributed by atoms with van der Waals surface area (Å²) in [7, 11) is -3.62. The molecule has 2 aromatic carbocycles. The number of hydrogen-bond acceptors (Lipinski definition) is 4. The van der Waals surface area contributed by atoms with Crippen LogP contribution in [-0.4, -0.2) is 20.1 Å². The molecule has 0 amide bonds. The summed E-state index contributed by atoms with van der Waals surface area (Å²) >= 11 is 0. The van der Waals surface area contributed by atoms with Gasteiger partial charge in [-0.25, -0.2) is 8.42 Å². The lowest BCUT2D eigenvalue weighted by molar-refractivity contribution is 0.317. The molecule has 0 radical (unpaired) electrons. The summed E-state index contributed by atoms with van der Waals surface area (Å²) < 4.78 is 30.9. The highest BCUT2D eigenvalue weighted by Crippen LogP contribution is 2.31. The van der Waals surface area contributed by atoms with Crippen molar-refractivity contribution in [2.24, 2.45) is 0 Å². The summed E-state index contributed by atoms with van der Waals surface area (Å²) in [4.78, 5) is 0.392. The average molecular weight is 334 g/mol. The Labute approximate surface area is 137 Å². The van der Waals surface area contributed by atoms with Crippen molar-refractivity contribution in [3.8, 4) is 11.5 Å². The fourth-order valence-electron chi connectivity index (χ4n) is 2.23. The highest BCUT2D eigenvalue weighted by molar-refractivity contribution is 7.91. The van der Waals surface area contributed by atoms with E-state index in [-0.39, 0.29) is 21.5 Å². The molecule has 0 spiro atoms. The zero-order chi connectivity index (χ0) is 17.0. The van der Waals surface area contributed by atoms with Gasteiger partial charge in [-0.3, -0.25) is 0 Å². The Hall–Kier alpha value is -2.01. The molecule has 23 heavy (non-hydrogen) atoms. The summed E-state index contributed by atoms with van der Waals surface area (Å²) in [6, 6.07) is 10.8. The van der Waals surface area contributed by atoms with Crippen molar-refractivity contribution in [1.82, 2.24) is 0 Å². The van der Waals surface area contributed by atoms with Crippen LogP contribution < -0.4 is 4.74 Å². The summed E-state index contributed by atoms with van der Waals surface area (Å²) in [5, 5.41) is 9.85. The molecule has 0 aliphatic heterocycles. The number of phenols is 1. The van der Waals surface area contributed by atoms with Gasteiger partial charge in [-0.2, -0.15) is 0 Å². The van der Waals surface area contributed by atoms with Gasteiger partial charge in [0.2, 0.25) is 9.84 Å². The lowest BCUT2D eigenvalue weighted by atomic mass is 10.0. The van der Waals surface area contributed by atoms with E-state index in [2.05, 4.69) is 0 Å².